The molecule has 1 aromatic rings. The van der Waals surface area contributed by atoms with Gasteiger partial charge in [-0.2, -0.15) is 0 Å². The minimum atomic E-state index is 1.10. The molecule has 0 aliphatic heterocycles. The first kappa shape index (κ1) is 15.1. The minimum absolute atomic E-state index is 1.10. The summed E-state index contributed by atoms with van der Waals surface area (Å²) in [4.78, 5) is 1.35. The third-order valence-electron chi connectivity index (χ3n) is 2.57. The van der Waals surface area contributed by atoms with Crippen LogP contribution in [0.15, 0.2) is 33.6 Å². The second-order valence-electron chi connectivity index (χ2n) is 4.11. The van der Waals surface area contributed by atoms with Gasteiger partial charge in [-0.1, -0.05) is 42.1 Å². The summed E-state index contributed by atoms with van der Waals surface area (Å²) < 4.78 is 1.15. The van der Waals surface area contributed by atoms with E-state index in [1.165, 1.54) is 37.1 Å². The van der Waals surface area contributed by atoms with Crippen LogP contribution in [0.25, 0.3) is 0 Å². The van der Waals surface area contributed by atoms with Gasteiger partial charge >= 0.3 is 0 Å². The molecule has 1 aromatic carbocycles. The van der Waals surface area contributed by atoms with Gasteiger partial charge in [0, 0.05) is 21.7 Å². The maximum absolute atomic E-state index is 3.50. The van der Waals surface area contributed by atoms with Crippen LogP contribution in [0.1, 0.15) is 32.6 Å². The predicted molar refractivity (Wildman–Crippen MR) is 81.9 cm³/mol. The highest BCUT2D eigenvalue weighted by molar-refractivity contribution is 9.10. The molecular formula is C14H22BrNS. The van der Waals surface area contributed by atoms with Gasteiger partial charge in [-0.3, -0.25) is 0 Å². The summed E-state index contributed by atoms with van der Waals surface area (Å²) in [5.74, 6) is 1.15. The fourth-order valence-corrected chi connectivity index (χ4v) is 2.65. The Morgan fingerprint density at radius 1 is 1.06 bits per heavy atom. The zero-order valence-corrected chi connectivity index (χ0v) is 12.9. The Morgan fingerprint density at radius 3 is 2.53 bits per heavy atom. The highest BCUT2D eigenvalue weighted by Crippen LogP contribution is 2.19. The quantitative estimate of drug-likeness (QED) is 0.523. The molecule has 1 rings (SSSR count). The minimum Gasteiger partial charge on any atom is -0.316 e. The van der Waals surface area contributed by atoms with Crippen LogP contribution in [-0.4, -0.2) is 18.8 Å². The number of rotatable bonds is 9. The Hall–Kier alpha value is 0.01000. The molecule has 0 spiro atoms. The van der Waals surface area contributed by atoms with Crippen molar-refractivity contribution in [2.75, 3.05) is 18.8 Å². The molecule has 0 aliphatic carbocycles. The van der Waals surface area contributed by atoms with Crippen LogP contribution < -0.4 is 5.32 Å². The first-order valence-electron chi connectivity index (χ1n) is 6.42. The zero-order valence-electron chi connectivity index (χ0n) is 10.5. The Kier molecular flexibility index (Phi) is 8.85. The molecule has 17 heavy (non-hydrogen) atoms. The molecule has 0 aromatic heterocycles. The number of hydrogen-bond donors (Lipinski definition) is 1. The second-order valence-corrected chi connectivity index (χ2v) is 6.20. The molecule has 0 aliphatic rings. The molecule has 0 atom stereocenters. The van der Waals surface area contributed by atoms with Crippen LogP contribution >= 0.6 is 27.7 Å². The van der Waals surface area contributed by atoms with Crippen LogP contribution in [0, 0.1) is 0 Å². The molecule has 1 N–H and O–H groups in total. The molecule has 0 fully saturated rings. The molecule has 0 bridgehead atoms. The van der Waals surface area contributed by atoms with E-state index < -0.39 is 0 Å². The van der Waals surface area contributed by atoms with Crippen LogP contribution in [0.3, 0.4) is 0 Å². The summed E-state index contributed by atoms with van der Waals surface area (Å²) in [6.45, 7) is 4.52. The zero-order chi connectivity index (χ0) is 12.3. The average molecular weight is 316 g/mol. The van der Waals surface area contributed by atoms with Crippen molar-refractivity contribution in [1.29, 1.82) is 0 Å². The van der Waals surface area contributed by atoms with E-state index in [9.17, 15) is 0 Å². The Labute approximate surface area is 118 Å². The van der Waals surface area contributed by atoms with Gasteiger partial charge in [-0.05, 0) is 37.2 Å². The second kappa shape index (κ2) is 9.98. The van der Waals surface area contributed by atoms with E-state index >= 15 is 0 Å². The molecule has 0 radical (unpaired) electrons. The molecule has 0 unspecified atom stereocenters. The third-order valence-corrected chi connectivity index (χ3v) is 4.11. The first-order chi connectivity index (χ1) is 8.33. The maximum Gasteiger partial charge on any atom is 0.0176 e. The lowest BCUT2D eigenvalue weighted by atomic mass is 10.2. The van der Waals surface area contributed by atoms with Crippen LogP contribution in [0.4, 0.5) is 0 Å². The van der Waals surface area contributed by atoms with Crippen LogP contribution in [-0.2, 0) is 0 Å². The monoisotopic (exact) mass is 315 g/mol. The van der Waals surface area contributed by atoms with Crippen molar-refractivity contribution in [3.05, 3.63) is 28.7 Å². The largest absolute Gasteiger partial charge is 0.316 e. The van der Waals surface area contributed by atoms with Crippen molar-refractivity contribution in [3.8, 4) is 0 Å². The molecule has 0 saturated carbocycles. The fourth-order valence-electron chi connectivity index (χ4n) is 1.57. The van der Waals surface area contributed by atoms with Gasteiger partial charge in [0.2, 0.25) is 0 Å². The molecule has 0 saturated heterocycles. The van der Waals surface area contributed by atoms with E-state index in [0.29, 0.717) is 0 Å². The number of unbranched alkanes of at least 4 members (excludes halogenated alkanes) is 3. The lowest BCUT2D eigenvalue weighted by Crippen LogP contribution is -2.18. The molecule has 96 valence electrons. The predicted octanol–water partition coefficient (Wildman–Crippen LogP) is 4.71. The smallest absolute Gasteiger partial charge is 0.0176 e. The highest BCUT2D eigenvalue weighted by atomic mass is 79.9. The number of nitrogens with one attached hydrogen (secondary N) is 1. The molecular weight excluding hydrogens is 294 g/mol. The summed E-state index contributed by atoms with van der Waals surface area (Å²) >= 11 is 5.36. The van der Waals surface area contributed by atoms with E-state index in [1.807, 2.05) is 11.8 Å². The maximum atomic E-state index is 3.50. The van der Waals surface area contributed by atoms with E-state index in [2.05, 4.69) is 52.4 Å². The van der Waals surface area contributed by atoms with E-state index in [4.69, 9.17) is 0 Å². The van der Waals surface area contributed by atoms with Gasteiger partial charge < -0.3 is 5.32 Å². The van der Waals surface area contributed by atoms with E-state index in [0.717, 1.165) is 16.8 Å². The SMILES string of the molecule is CCCCCCNCCSc1ccc(Br)cc1. The summed E-state index contributed by atoms with van der Waals surface area (Å²) in [7, 11) is 0. The van der Waals surface area contributed by atoms with Gasteiger partial charge in [-0.25, -0.2) is 0 Å². The summed E-state index contributed by atoms with van der Waals surface area (Å²) in [5.41, 5.74) is 0. The number of benzene rings is 1. The average Bonchev–Trinajstić information content (AvgIpc) is 2.35. The normalized spacial score (nSPS) is 10.7. The molecule has 1 nitrogen and oxygen atoms in total. The summed E-state index contributed by atoms with van der Waals surface area (Å²) in [5, 5.41) is 3.50. The summed E-state index contributed by atoms with van der Waals surface area (Å²) in [6.07, 6.45) is 5.37. The lowest BCUT2D eigenvalue weighted by Gasteiger charge is -2.04. The van der Waals surface area contributed by atoms with Gasteiger partial charge in [0.25, 0.3) is 0 Å². The molecule has 3 heteroatoms. The Balaban J connectivity index is 1.95. The van der Waals surface area contributed by atoms with Crippen molar-refractivity contribution in [1.82, 2.24) is 5.32 Å². The number of thioether (sulfide) groups is 1. The van der Waals surface area contributed by atoms with Gasteiger partial charge in [0.1, 0.15) is 0 Å². The third kappa shape index (κ3) is 7.85. The standard InChI is InChI=1S/C14H22BrNS/c1-2-3-4-5-10-16-11-12-17-14-8-6-13(15)7-9-14/h6-9,16H,2-5,10-12H2,1H3. The number of halogens is 1. The Bertz CT molecular complexity index is 287. The van der Waals surface area contributed by atoms with E-state index in [-0.39, 0.29) is 0 Å². The Morgan fingerprint density at radius 2 is 1.82 bits per heavy atom. The van der Waals surface area contributed by atoms with Crippen molar-refractivity contribution < 1.29 is 0 Å². The highest BCUT2D eigenvalue weighted by Gasteiger charge is 1.94. The van der Waals surface area contributed by atoms with E-state index in [1.54, 1.807) is 0 Å². The topological polar surface area (TPSA) is 12.0 Å². The van der Waals surface area contributed by atoms with Crippen molar-refractivity contribution in [2.24, 2.45) is 0 Å². The fraction of sp³-hybridized carbons (Fsp3) is 0.571. The van der Waals surface area contributed by atoms with Gasteiger partial charge in [0.15, 0.2) is 0 Å². The van der Waals surface area contributed by atoms with Crippen molar-refractivity contribution >= 4 is 27.7 Å². The summed E-state index contributed by atoms with van der Waals surface area (Å²) in [6, 6.07) is 8.52. The molecule has 0 heterocycles. The first-order valence-corrected chi connectivity index (χ1v) is 8.20. The molecule has 0 amide bonds. The van der Waals surface area contributed by atoms with Crippen molar-refractivity contribution in [2.45, 2.75) is 37.5 Å². The van der Waals surface area contributed by atoms with Crippen LogP contribution in [0.2, 0.25) is 0 Å². The van der Waals surface area contributed by atoms with Crippen molar-refractivity contribution in [3.63, 3.8) is 0 Å². The lowest BCUT2D eigenvalue weighted by molar-refractivity contribution is 0.613. The number of hydrogen-bond acceptors (Lipinski definition) is 2. The van der Waals surface area contributed by atoms with Crippen LogP contribution in [0.5, 0.6) is 0 Å². The van der Waals surface area contributed by atoms with Gasteiger partial charge in [0.05, 0.1) is 0 Å². The van der Waals surface area contributed by atoms with Gasteiger partial charge in [-0.15, -0.1) is 11.8 Å².